The van der Waals surface area contributed by atoms with Gasteiger partial charge in [0.2, 0.25) is 5.91 Å². The lowest BCUT2D eigenvalue weighted by Crippen LogP contribution is -2.36. The summed E-state index contributed by atoms with van der Waals surface area (Å²) in [6, 6.07) is 7.85. The highest BCUT2D eigenvalue weighted by molar-refractivity contribution is 7.20. The van der Waals surface area contributed by atoms with Crippen LogP contribution in [0.5, 0.6) is 0 Å². The van der Waals surface area contributed by atoms with Gasteiger partial charge in [-0.05, 0) is 23.6 Å². The van der Waals surface area contributed by atoms with Gasteiger partial charge < -0.3 is 15.0 Å². The summed E-state index contributed by atoms with van der Waals surface area (Å²) < 4.78 is 5.36. The number of aromatic nitrogens is 2. The number of thiazole rings is 1. The summed E-state index contributed by atoms with van der Waals surface area (Å²) in [5.74, 6) is 0.445. The zero-order valence-electron chi connectivity index (χ0n) is 14.1. The molecule has 1 amide bonds. The SMILES string of the molecule is O=C(Cc1csc(-c2cccs2)n1)Nc1ccc(N2CCOCC2)cn1. The molecule has 0 aromatic carbocycles. The molecule has 0 saturated carbocycles. The van der Waals surface area contributed by atoms with Crippen LogP contribution in [-0.2, 0) is 16.0 Å². The topological polar surface area (TPSA) is 67.4 Å². The van der Waals surface area contributed by atoms with Crippen molar-refractivity contribution in [2.45, 2.75) is 6.42 Å². The van der Waals surface area contributed by atoms with Gasteiger partial charge in [0.25, 0.3) is 0 Å². The van der Waals surface area contributed by atoms with Gasteiger partial charge in [-0.25, -0.2) is 9.97 Å². The third-order valence-corrected chi connectivity index (χ3v) is 5.95. The van der Waals surface area contributed by atoms with Crippen LogP contribution in [-0.4, -0.2) is 42.2 Å². The van der Waals surface area contributed by atoms with E-state index >= 15 is 0 Å². The molecule has 3 aromatic rings. The average molecular weight is 387 g/mol. The lowest BCUT2D eigenvalue weighted by Gasteiger charge is -2.28. The van der Waals surface area contributed by atoms with Crippen LogP contribution in [0.1, 0.15) is 5.69 Å². The molecule has 1 fully saturated rings. The number of anilines is 2. The maximum absolute atomic E-state index is 12.3. The lowest BCUT2D eigenvalue weighted by atomic mass is 10.3. The number of thiophene rings is 1. The van der Waals surface area contributed by atoms with Crippen LogP contribution >= 0.6 is 22.7 Å². The first-order chi connectivity index (χ1) is 12.8. The van der Waals surface area contributed by atoms with Gasteiger partial charge in [-0.3, -0.25) is 4.79 Å². The van der Waals surface area contributed by atoms with E-state index in [2.05, 4.69) is 20.2 Å². The third kappa shape index (κ3) is 4.09. The van der Waals surface area contributed by atoms with Gasteiger partial charge >= 0.3 is 0 Å². The standard InChI is InChI=1S/C18H18N4O2S2/c23-17(10-13-12-26-18(20-13)15-2-1-9-25-15)21-16-4-3-14(11-19-16)22-5-7-24-8-6-22/h1-4,9,11-12H,5-8,10H2,(H,19,21,23). The molecule has 134 valence electrons. The highest BCUT2D eigenvalue weighted by Gasteiger charge is 2.13. The number of nitrogens with zero attached hydrogens (tertiary/aromatic N) is 3. The molecule has 26 heavy (non-hydrogen) atoms. The van der Waals surface area contributed by atoms with Gasteiger partial charge in [-0.2, -0.15) is 0 Å². The highest BCUT2D eigenvalue weighted by Crippen LogP contribution is 2.28. The Balaban J connectivity index is 1.34. The molecule has 1 aliphatic heterocycles. The fourth-order valence-corrected chi connectivity index (χ4v) is 4.36. The van der Waals surface area contributed by atoms with Crippen molar-refractivity contribution in [2.75, 3.05) is 36.5 Å². The largest absolute Gasteiger partial charge is 0.378 e. The van der Waals surface area contributed by atoms with Crippen molar-refractivity contribution in [1.82, 2.24) is 9.97 Å². The van der Waals surface area contributed by atoms with Crippen LogP contribution in [0.3, 0.4) is 0 Å². The molecule has 0 radical (unpaired) electrons. The van der Waals surface area contributed by atoms with E-state index < -0.39 is 0 Å². The maximum Gasteiger partial charge on any atom is 0.231 e. The number of morpholine rings is 1. The second kappa shape index (κ2) is 7.94. The molecule has 0 atom stereocenters. The fraction of sp³-hybridized carbons (Fsp3) is 0.278. The Labute approximate surface area is 159 Å². The van der Waals surface area contributed by atoms with Crippen LogP contribution in [0.2, 0.25) is 0 Å². The zero-order chi connectivity index (χ0) is 17.8. The Morgan fingerprint density at radius 1 is 1.23 bits per heavy atom. The number of carbonyl (C=O) groups excluding carboxylic acids is 1. The van der Waals surface area contributed by atoms with Gasteiger partial charge in [0.15, 0.2) is 0 Å². The molecule has 0 aliphatic carbocycles. The first-order valence-electron chi connectivity index (χ1n) is 8.35. The quantitative estimate of drug-likeness (QED) is 0.729. The fourth-order valence-electron chi connectivity index (χ4n) is 2.72. The first kappa shape index (κ1) is 17.1. The highest BCUT2D eigenvalue weighted by atomic mass is 32.1. The van der Waals surface area contributed by atoms with Crippen LogP contribution in [0.15, 0.2) is 41.2 Å². The Bertz CT molecular complexity index is 856. The molecule has 4 heterocycles. The second-order valence-electron chi connectivity index (χ2n) is 5.85. The van der Waals surface area contributed by atoms with E-state index in [1.54, 1.807) is 28.9 Å². The Morgan fingerprint density at radius 2 is 2.12 bits per heavy atom. The number of hydrogen-bond acceptors (Lipinski definition) is 7. The minimum atomic E-state index is -0.111. The smallest absolute Gasteiger partial charge is 0.231 e. The molecule has 8 heteroatoms. The van der Waals surface area contributed by atoms with Gasteiger partial charge in [0.05, 0.1) is 42.1 Å². The van der Waals surface area contributed by atoms with Crippen LogP contribution in [0.4, 0.5) is 11.5 Å². The third-order valence-electron chi connectivity index (χ3n) is 4.02. The maximum atomic E-state index is 12.3. The van der Waals surface area contributed by atoms with Gasteiger partial charge in [-0.1, -0.05) is 6.07 Å². The number of ether oxygens (including phenoxy) is 1. The van der Waals surface area contributed by atoms with E-state index in [9.17, 15) is 4.79 Å². The Hall–Kier alpha value is -2.29. The van der Waals surface area contributed by atoms with Crippen molar-refractivity contribution in [3.8, 4) is 9.88 Å². The predicted octanol–water partition coefficient (Wildman–Crippen LogP) is 3.28. The van der Waals surface area contributed by atoms with Gasteiger partial charge in [0, 0.05) is 18.5 Å². The van der Waals surface area contributed by atoms with E-state index in [0.29, 0.717) is 5.82 Å². The predicted molar refractivity (Wildman–Crippen MR) is 105 cm³/mol. The summed E-state index contributed by atoms with van der Waals surface area (Å²) in [6.45, 7) is 3.20. The summed E-state index contributed by atoms with van der Waals surface area (Å²) in [6.07, 6.45) is 2.04. The van der Waals surface area contributed by atoms with Crippen molar-refractivity contribution in [3.63, 3.8) is 0 Å². The second-order valence-corrected chi connectivity index (χ2v) is 7.65. The summed E-state index contributed by atoms with van der Waals surface area (Å²) in [4.78, 5) is 24.5. The van der Waals surface area contributed by atoms with Crippen LogP contribution < -0.4 is 10.2 Å². The number of rotatable bonds is 5. The normalized spacial score (nSPS) is 14.4. The van der Waals surface area contributed by atoms with Crippen LogP contribution in [0, 0.1) is 0 Å². The Kier molecular flexibility index (Phi) is 5.24. The first-order valence-corrected chi connectivity index (χ1v) is 10.1. The van der Waals surface area contributed by atoms with E-state index in [1.165, 1.54) is 0 Å². The molecule has 0 bridgehead atoms. The van der Waals surface area contributed by atoms with Crippen molar-refractivity contribution < 1.29 is 9.53 Å². The van der Waals surface area contributed by atoms with Gasteiger partial charge in [0.1, 0.15) is 10.8 Å². The number of hydrogen-bond donors (Lipinski definition) is 1. The number of carbonyl (C=O) groups is 1. The van der Waals surface area contributed by atoms with Crippen molar-refractivity contribution in [1.29, 1.82) is 0 Å². The summed E-state index contributed by atoms with van der Waals surface area (Å²) in [7, 11) is 0. The Morgan fingerprint density at radius 3 is 2.85 bits per heavy atom. The minimum absolute atomic E-state index is 0.111. The zero-order valence-corrected chi connectivity index (χ0v) is 15.7. The molecule has 4 rings (SSSR count). The van der Waals surface area contributed by atoms with Crippen LogP contribution in [0.25, 0.3) is 9.88 Å². The average Bonchev–Trinajstić information content (AvgIpc) is 3.35. The van der Waals surface area contributed by atoms with E-state index in [0.717, 1.165) is 47.6 Å². The number of pyridine rings is 1. The number of amides is 1. The lowest BCUT2D eigenvalue weighted by molar-refractivity contribution is -0.115. The molecule has 1 saturated heterocycles. The number of nitrogens with one attached hydrogen (secondary N) is 1. The molecule has 6 nitrogen and oxygen atoms in total. The summed E-state index contributed by atoms with van der Waals surface area (Å²) in [5.41, 5.74) is 1.83. The van der Waals surface area contributed by atoms with E-state index in [4.69, 9.17) is 4.74 Å². The van der Waals surface area contributed by atoms with E-state index in [1.807, 2.05) is 35.0 Å². The van der Waals surface area contributed by atoms with Gasteiger partial charge in [-0.15, -0.1) is 22.7 Å². The molecular weight excluding hydrogens is 368 g/mol. The minimum Gasteiger partial charge on any atom is -0.378 e. The molecule has 3 aromatic heterocycles. The monoisotopic (exact) mass is 386 g/mol. The molecule has 0 spiro atoms. The summed E-state index contributed by atoms with van der Waals surface area (Å²) >= 11 is 3.21. The van der Waals surface area contributed by atoms with E-state index in [-0.39, 0.29) is 12.3 Å². The molecule has 0 unspecified atom stereocenters. The molecular formula is C18H18N4O2S2. The van der Waals surface area contributed by atoms with Crippen molar-refractivity contribution >= 4 is 40.1 Å². The summed E-state index contributed by atoms with van der Waals surface area (Å²) in [5, 5.41) is 7.75. The molecule has 1 N–H and O–H groups in total. The van der Waals surface area contributed by atoms with Crippen molar-refractivity contribution in [2.24, 2.45) is 0 Å². The molecule has 1 aliphatic rings. The van der Waals surface area contributed by atoms with Crippen molar-refractivity contribution in [3.05, 3.63) is 46.9 Å².